The second-order valence-corrected chi connectivity index (χ2v) is 7.36. The minimum absolute atomic E-state index is 0.131. The third-order valence-electron chi connectivity index (χ3n) is 4.25. The van der Waals surface area contributed by atoms with Gasteiger partial charge < -0.3 is 9.47 Å². The Morgan fingerprint density at radius 1 is 1.00 bits per heavy atom. The Morgan fingerprint density at radius 2 is 1.64 bits per heavy atom. The fraction of sp³-hybridized carbons (Fsp3) is 0.368. The molecular weight excluding hydrogens is 338 g/mol. The van der Waals surface area contributed by atoms with Gasteiger partial charge in [0.15, 0.2) is 0 Å². The highest BCUT2D eigenvalue weighted by Crippen LogP contribution is 2.29. The zero-order valence-corrected chi connectivity index (χ0v) is 15.7. The van der Waals surface area contributed by atoms with E-state index in [0.29, 0.717) is 18.8 Å². The summed E-state index contributed by atoms with van der Waals surface area (Å²) in [5.74, 6) is 0.344. The number of hydrogen-bond acceptors (Lipinski definition) is 4. The van der Waals surface area contributed by atoms with Crippen LogP contribution in [0, 0.1) is 0 Å². The van der Waals surface area contributed by atoms with Gasteiger partial charge in [0.25, 0.3) is 0 Å². The van der Waals surface area contributed by atoms with E-state index in [1.54, 1.807) is 25.3 Å². The van der Waals surface area contributed by atoms with E-state index >= 15 is 0 Å². The van der Waals surface area contributed by atoms with Crippen LogP contribution in [0.4, 0.5) is 0 Å². The molecule has 1 atom stereocenters. The third kappa shape index (κ3) is 4.39. The predicted octanol–water partition coefficient (Wildman–Crippen LogP) is 3.32. The molecule has 25 heavy (non-hydrogen) atoms. The maximum Gasteiger partial charge on any atom is 0.244 e. The molecule has 0 aliphatic carbocycles. The second kappa shape index (κ2) is 8.47. The quantitative estimate of drug-likeness (QED) is 0.742. The van der Waals surface area contributed by atoms with Gasteiger partial charge >= 0.3 is 0 Å². The van der Waals surface area contributed by atoms with Crippen molar-refractivity contribution in [3.63, 3.8) is 0 Å². The molecule has 0 fully saturated rings. The maximum absolute atomic E-state index is 12.8. The fourth-order valence-electron chi connectivity index (χ4n) is 2.74. The van der Waals surface area contributed by atoms with Crippen LogP contribution in [0.25, 0.3) is 0 Å². The Bertz CT molecular complexity index is 771. The molecule has 1 N–H and O–H groups in total. The normalized spacial score (nSPS) is 14.0. The van der Waals surface area contributed by atoms with E-state index in [1.165, 1.54) is 6.07 Å². The molecule has 0 radical (unpaired) electrons. The minimum atomic E-state index is -3.73. The molecule has 2 aromatic rings. The summed E-state index contributed by atoms with van der Waals surface area (Å²) in [6, 6.07) is 16.2. The first-order chi connectivity index (χ1) is 12.0. The molecule has 0 aliphatic heterocycles. The second-order valence-electron chi connectivity index (χ2n) is 5.62. The Kier molecular flexibility index (Phi) is 6.58. The van der Waals surface area contributed by atoms with Crippen LogP contribution in [0.15, 0.2) is 59.5 Å². The van der Waals surface area contributed by atoms with Gasteiger partial charge in [-0.15, -0.1) is 0 Å². The summed E-state index contributed by atoms with van der Waals surface area (Å²) in [4.78, 5) is 0.131. The molecule has 5 nitrogen and oxygen atoms in total. The van der Waals surface area contributed by atoms with Crippen LogP contribution in [0.3, 0.4) is 0 Å². The zero-order valence-electron chi connectivity index (χ0n) is 14.9. The smallest absolute Gasteiger partial charge is 0.244 e. The fourth-order valence-corrected chi connectivity index (χ4v) is 3.97. The molecule has 2 rings (SSSR count). The molecule has 0 heterocycles. The zero-order chi connectivity index (χ0) is 18.3. The van der Waals surface area contributed by atoms with Crippen molar-refractivity contribution >= 4 is 10.0 Å². The highest BCUT2D eigenvalue weighted by molar-refractivity contribution is 7.89. The Labute approximate surface area is 150 Å². The van der Waals surface area contributed by atoms with E-state index in [2.05, 4.69) is 4.72 Å². The van der Waals surface area contributed by atoms with E-state index in [0.717, 1.165) is 5.56 Å². The first-order valence-corrected chi connectivity index (χ1v) is 9.79. The van der Waals surface area contributed by atoms with Crippen molar-refractivity contribution in [2.24, 2.45) is 0 Å². The number of hydrogen-bond donors (Lipinski definition) is 1. The number of rotatable bonds is 9. The molecule has 0 saturated heterocycles. The van der Waals surface area contributed by atoms with Gasteiger partial charge in [0.2, 0.25) is 10.0 Å². The summed E-state index contributed by atoms with van der Waals surface area (Å²) in [6.45, 7) is 4.32. The van der Waals surface area contributed by atoms with Crippen molar-refractivity contribution in [3.8, 4) is 5.75 Å². The molecule has 1 unspecified atom stereocenters. The molecule has 0 aromatic heterocycles. The van der Waals surface area contributed by atoms with Gasteiger partial charge in [-0.05, 0) is 31.0 Å². The average Bonchev–Trinajstić information content (AvgIpc) is 2.64. The number of para-hydroxylation sites is 1. The highest BCUT2D eigenvalue weighted by Gasteiger charge is 2.32. The first kappa shape index (κ1) is 19.4. The molecule has 6 heteroatoms. The molecular formula is C19H25NO4S. The summed E-state index contributed by atoms with van der Waals surface area (Å²) in [6.07, 6.45) is 0.628. The summed E-state index contributed by atoms with van der Waals surface area (Å²) in [5, 5.41) is 0. The van der Waals surface area contributed by atoms with E-state index in [1.807, 2.05) is 44.2 Å². The van der Waals surface area contributed by atoms with Crippen molar-refractivity contribution in [2.45, 2.75) is 30.8 Å². The van der Waals surface area contributed by atoms with Crippen LogP contribution in [0.1, 0.15) is 25.8 Å². The van der Waals surface area contributed by atoms with Gasteiger partial charge in [-0.2, -0.15) is 0 Å². The maximum atomic E-state index is 12.8. The highest BCUT2D eigenvalue weighted by atomic mass is 32.2. The SMILES string of the molecule is CCOc1ccccc1S(=O)(=O)NCC(CC)(OC)c1ccccc1. The summed E-state index contributed by atoms with van der Waals surface area (Å²) in [7, 11) is -2.13. The predicted molar refractivity (Wildman–Crippen MR) is 98.2 cm³/mol. The van der Waals surface area contributed by atoms with Crippen LogP contribution >= 0.6 is 0 Å². The Balaban J connectivity index is 2.29. The lowest BCUT2D eigenvalue weighted by molar-refractivity contribution is -0.0133. The lowest BCUT2D eigenvalue weighted by Crippen LogP contribution is -2.42. The molecule has 136 valence electrons. The average molecular weight is 363 g/mol. The van der Waals surface area contributed by atoms with Crippen molar-refractivity contribution < 1.29 is 17.9 Å². The Hall–Kier alpha value is -1.89. The number of nitrogens with one attached hydrogen (secondary N) is 1. The third-order valence-corrected chi connectivity index (χ3v) is 5.69. The van der Waals surface area contributed by atoms with Crippen molar-refractivity contribution in [1.82, 2.24) is 4.72 Å². The van der Waals surface area contributed by atoms with E-state index in [-0.39, 0.29) is 11.4 Å². The lowest BCUT2D eigenvalue weighted by Gasteiger charge is -2.32. The van der Waals surface area contributed by atoms with Gasteiger partial charge in [0.05, 0.1) is 6.61 Å². The van der Waals surface area contributed by atoms with Gasteiger partial charge in [-0.1, -0.05) is 49.4 Å². The van der Waals surface area contributed by atoms with Crippen molar-refractivity contribution in [3.05, 3.63) is 60.2 Å². The lowest BCUT2D eigenvalue weighted by atomic mass is 9.91. The summed E-state index contributed by atoms with van der Waals surface area (Å²) >= 11 is 0. The van der Waals surface area contributed by atoms with Gasteiger partial charge in [-0.3, -0.25) is 0 Å². The Morgan fingerprint density at radius 3 is 2.24 bits per heavy atom. The molecule has 0 aliphatic rings. The molecule has 0 saturated carbocycles. The summed E-state index contributed by atoms with van der Waals surface area (Å²) in [5.41, 5.74) is 0.204. The number of ether oxygens (including phenoxy) is 2. The van der Waals surface area contributed by atoms with Gasteiger partial charge in [0.1, 0.15) is 16.2 Å². The molecule has 0 amide bonds. The van der Waals surface area contributed by atoms with E-state index in [4.69, 9.17) is 9.47 Å². The van der Waals surface area contributed by atoms with Crippen LogP contribution < -0.4 is 9.46 Å². The standard InChI is InChI=1S/C19H25NO4S/c1-4-19(23-3,16-11-7-6-8-12-16)15-20-25(21,22)18-14-10-9-13-17(18)24-5-2/h6-14,20H,4-5,15H2,1-3H3. The van der Waals surface area contributed by atoms with Crippen molar-refractivity contribution in [2.75, 3.05) is 20.3 Å². The molecule has 0 spiro atoms. The first-order valence-electron chi connectivity index (χ1n) is 8.31. The number of methoxy groups -OCH3 is 1. The number of benzene rings is 2. The van der Waals surface area contributed by atoms with Crippen molar-refractivity contribution in [1.29, 1.82) is 0 Å². The van der Waals surface area contributed by atoms with Crippen LogP contribution in [0.2, 0.25) is 0 Å². The summed E-state index contributed by atoms with van der Waals surface area (Å²) < 4.78 is 39.4. The minimum Gasteiger partial charge on any atom is -0.492 e. The van der Waals surface area contributed by atoms with Crippen LogP contribution in [-0.4, -0.2) is 28.7 Å². The van der Waals surface area contributed by atoms with E-state index < -0.39 is 15.6 Å². The topological polar surface area (TPSA) is 64.6 Å². The molecule has 2 aromatic carbocycles. The van der Waals surface area contributed by atoms with Gasteiger partial charge in [0, 0.05) is 13.7 Å². The number of sulfonamides is 1. The monoisotopic (exact) mass is 363 g/mol. The van der Waals surface area contributed by atoms with E-state index in [9.17, 15) is 8.42 Å². The largest absolute Gasteiger partial charge is 0.492 e. The molecule has 0 bridgehead atoms. The van der Waals surface area contributed by atoms with Gasteiger partial charge in [-0.25, -0.2) is 13.1 Å². The van der Waals surface area contributed by atoms with Crippen LogP contribution in [-0.2, 0) is 20.4 Å². The van der Waals surface area contributed by atoms with Crippen LogP contribution in [0.5, 0.6) is 5.75 Å².